The Bertz CT molecular complexity index is 657. The molecule has 136 valence electrons. The molecule has 2 aromatic rings. The molecule has 1 N–H and O–H groups in total. The van der Waals surface area contributed by atoms with Gasteiger partial charge in [-0.3, -0.25) is 4.79 Å². The molecule has 0 spiro atoms. The Labute approximate surface area is 159 Å². The Morgan fingerprint density at radius 1 is 1.20 bits per heavy atom. The van der Waals surface area contributed by atoms with Crippen LogP contribution in [-0.4, -0.2) is 31.0 Å². The number of amides is 1. The second-order valence-corrected chi connectivity index (χ2v) is 7.14. The van der Waals surface area contributed by atoms with Crippen molar-refractivity contribution in [3.05, 3.63) is 52.2 Å². The fraction of sp³-hybridized carbons (Fsp3) is 0.421. The minimum absolute atomic E-state index is 0. The lowest BCUT2D eigenvalue weighted by Gasteiger charge is -2.30. The molecule has 1 aromatic carbocycles. The molecule has 0 bridgehead atoms. The molecule has 2 heterocycles. The first kappa shape index (κ1) is 19.8. The number of hydrogen-bond acceptors (Lipinski definition) is 4. The van der Waals surface area contributed by atoms with Gasteiger partial charge in [-0.2, -0.15) is 0 Å². The largest absolute Gasteiger partial charge is 0.496 e. The smallest absolute Gasteiger partial charge is 0.226 e. The zero-order valence-corrected chi connectivity index (χ0v) is 16.1. The highest BCUT2D eigenvalue weighted by molar-refractivity contribution is 7.09. The summed E-state index contributed by atoms with van der Waals surface area (Å²) in [4.78, 5) is 16.3. The molecule has 4 nitrogen and oxygen atoms in total. The van der Waals surface area contributed by atoms with Crippen LogP contribution in [0.5, 0.6) is 5.75 Å². The van der Waals surface area contributed by atoms with Gasteiger partial charge in [-0.15, -0.1) is 23.7 Å². The highest BCUT2D eigenvalue weighted by Crippen LogP contribution is 2.24. The predicted molar refractivity (Wildman–Crippen MR) is 104 cm³/mol. The maximum atomic E-state index is 13.1. The fourth-order valence-electron chi connectivity index (χ4n) is 3.17. The van der Waals surface area contributed by atoms with Gasteiger partial charge in [-0.25, -0.2) is 0 Å². The van der Waals surface area contributed by atoms with E-state index < -0.39 is 0 Å². The lowest BCUT2D eigenvalue weighted by molar-refractivity contribution is -0.137. The number of para-hydroxylation sites is 1. The molecule has 0 radical (unpaired) electrons. The van der Waals surface area contributed by atoms with Crippen LogP contribution in [0.25, 0.3) is 0 Å². The number of hydrogen-bond donors (Lipinski definition) is 1. The summed E-state index contributed by atoms with van der Waals surface area (Å²) in [5.74, 6) is 1.23. The topological polar surface area (TPSA) is 41.6 Å². The highest BCUT2D eigenvalue weighted by atomic mass is 35.5. The second-order valence-electron chi connectivity index (χ2n) is 6.11. The molecule has 1 aliphatic heterocycles. The van der Waals surface area contributed by atoms with Crippen molar-refractivity contribution in [2.24, 2.45) is 5.92 Å². The third-order valence-corrected chi connectivity index (χ3v) is 5.34. The van der Waals surface area contributed by atoms with Crippen LogP contribution in [0.2, 0.25) is 0 Å². The first-order chi connectivity index (χ1) is 11.8. The number of ether oxygens (including phenoxy) is 1. The second kappa shape index (κ2) is 9.80. The zero-order valence-electron chi connectivity index (χ0n) is 14.4. The molecule has 1 amide bonds. The molecule has 6 heteroatoms. The van der Waals surface area contributed by atoms with Gasteiger partial charge >= 0.3 is 0 Å². The maximum absolute atomic E-state index is 13.1. The molecule has 0 unspecified atom stereocenters. The highest BCUT2D eigenvalue weighted by Gasteiger charge is 2.26. The number of methoxy groups -OCH3 is 1. The molecule has 3 rings (SSSR count). The third kappa shape index (κ3) is 5.21. The molecule has 0 saturated carbocycles. The monoisotopic (exact) mass is 380 g/mol. The van der Waals surface area contributed by atoms with E-state index in [2.05, 4.69) is 16.8 Å². The first-order valence-electron chi connectivity index (χ1n) is 8.41. The van der Waals surface area contributed by atoms with E-state index in [0.717, 1.165) is 37.2 Å². The quantitative estimate of drug-likeness (QED) is 0.830. The predicted octanol–water partition coefficient (Wildman–Crippen LogP) is 3.71. The molecular weight excluding hydrogens is 356 g/mol. The zero-order chi connectivity index (χ0) is 16.8. The minimum Gasteiger partial charge on any atom is -0.496 e. The van der Waals surface area contributed by atoms with Gasteiger partial charge < -0.3 is 15.0 Å². The molecule has 1 aliphatic rings. The Hall–Kier alpha value is -1.56. The molecule has 25 heavy (non-hydrogen) atoms. The number of nitrogens with one attached hydrogen (secondary N) is 1. The van der Waals surface area contributed by atoms with E-state index >= 15 is 0 Å². The summed E-state index contributed by atoms with van der Waals surface area (Å²) in [5.41, 5.74) is 1.05. The molecule has 0 atom stereocenters. The van der Waals surface area contributed by atoms with Gasteiger partial charge in [0.05, 0.1) is 13.7 Å². The SMILES string of the molecule is COc1ccccc1CN(Cc1cccs1)C(=O)C1CCNCC1.Cl. The summed E-state index contributed by atoms with van der Waals surface area (Å²) < 4.78 is 5.46. The van der Waals surface area contributed by atoms with Gasteiger partial charge in [0.1, 0.15) is 5.75 Å². The molecular formula is C19H25ClN2O2S. The number of thiophene rings is 1. The van der Waals surface area contributed by atoms with Gasteiger partial charge in [0, 0.05) is 22.9 Å². The van der Waals surface area contributed by atoms with Gasteiger partial charge in [0.2, 0.25) is 5.91 Å². The van der Waals surface area contributed by atoms with Gasteiger partial charge in [-0.1, -0.05) is 24.3 Å². The first-order valence-corrected chi connectivity index (χ1v) is 9.29. The number of carbonyl (C=O) groups is 1. The molecule has 1 fully saturated rings. The Morgan fingerprint density at radius 2 is 1.96 bits per heavy atom. The average molecular weight is 381 g/mol. The van der Waals surface area contributed by atoms with Crippen molar-refractivity contribution in [3.63, 3.8) is 0 Å². The average Bonchev–Trinajstić information content (AvgIpc) is 3.15. The Morgan fingerprint density at radius 3 is 2.64 bits per heavy atom. The molecule has 0 aliphatic carbocycles. The number of halogens is 1. The van der Waals surface area contributed by atoms with E-state index in [4.69, 9.17) is 4.74 Å². The van der Waals surface area contributed by atoms with Crippen molar-refractivity contribution in [2.45, 2.75) is 25.9 Å². The van der Waals surface area contributed by atoms with Crippen molar-refractivity contribution in [1.82, 2.24) is 10.2 Å². The van der Waals surface area contributed by atoms with Crippen LogP contribution >= 0.6 is 23.7 Å². The van der Waals surface area contributed by atoms with E-state index in [-0.39, 0.29) is 24.2 Å². The fourth-order valence-corrected chi connectivity index (χ4v) is 3.89. The lowest BCUT2D eigenvalue weighted by atomic mass is 9.96. The van der Waals surface area contributed by atoms with Gasteiger partial charge in [-0.05, 0) is 43.4 Å². The van der Waals surface area contributed by atoms with E-state index in [1.807, 2.05) is 35.2 Å². The maximum Gasteiger partial charge on any atom is 0.226 e. The summed E-state index contributed by atoms with van der Waals surface area (Å²) in [5, 5.41) is 5.39. The Balaban J connectivity index is 0.00000225. The summed E-state index contributed by atoms with van der Waals surface area (Å²) in [6.45, 7) is 3.11. The van der Waals surface area contributed by atoms with Crippen LogP contribution < -0.4 is 10.1 Å². The van der Waals surface area contributed by atoms with Crippen LogP contribution in [0.4, 0.5) is 0 Å². The molecule has 1 saturated heterocycles. The standard InChI is InChI=1S/C19H24N2O2S.ClH/c1-23-18-7-3-2-5-16(18)13-21(14-17-6-4-12-24-17)19(22)15-8-10-20-11-9-15;/h2-7,12,15,20H,8-11,13-14H2,1H3;1H. The van der Waals surface area contributed by atoms with E-state index in [0.29, 0.717) is 13.1 Å². The number of rotatable bonds is 6. The van der Waals surface area contributed by atoms with Crippen LogP contribution in [0.3, 0.4) is 0 Å². The lowest BCUT2D eigenvalue weighted by Crippen LogP contribution is -2.40. The van der Waals surface area contributed by atoms with Crippen LogP contribution in [0.15, 0.2) is 41.8 Å². The summed E-state index contributed by atoms with van der Waals surface area (Å²) in [7, 11) is 1.68. The summed E-state index contributed by atoms with van der Waals surface area (Å²) >= 11 is 1.70. The van der Waals surface area contributed by atoms with Crippen molar-refractivity contribution in [1.29, 1.82) is 0 Å². The summed E-state index contributed by atoms with van der Waals surface area (Å²) in [6.07, 6.45) is 1.84. The van der Waals surface area contributed by atoms with Crippen molar-refractivity contribution >= 4 is 29.7 Å². The van der Waals surface area contributed by atoms with Crippen LogP contribution in [0, 0.1) is 5.92 Å². The number of nitrogens with zero attached hydrogens (tertiary/aromatic N) is 1. The van der Waals surface area contributed by atoms with Gasteiger partial charge in [0.25, 0.3) is 0 Å². The van der Waals surface area contributed by atoms with Crippen molar-refractivity contribution in [3.8, 4) is 5.75 Å². The van der Waals surface area contributed by atoms with E-state index in [1.54, 1.807) is 18.4 Å². The summed E-state index contributed by atoms with van der Waals surface area (Å²) in [6, 6.07) is 12.1. The molecule has 1 aromatic heterocycles. The van der Waals surface area contributed by atoms with E-state index in [9.17, 15) is 4.79 Å². The third-order valence-electron chi connectivity index (χ3n) is 4.48. The normalized spacial score (nSPS) is 14.6. The minimum atomic E-state index is 0. The van der Waals surface area contributed by atoms with Crippen LogP contribution in [0.1, 0.15) is 23.3 Å². The van der Waals surface area contributed by atoms with E-state index in [1.165, 1.54) is 4.88 Å². The Kier molecular flexibility index (Phi) is 7.75. The van der Waals surface area contributed by atoms with Gasteiger partial charge in [0.15, 0.2) is 0 Å². The van der Waals surface area contributed by atoms with Crippen molar-refractivity contribution < 1.29 is 9.53 Å². The van der Waals surface area contributed by atoms with Crippen LogP contribution in [-0.2, 0) is 17.9 Å². The van der Waals surface area contributed by atoms with Crippen molar-refractivity contribution in [2.75, 3.05) is 20.2 Å². The number of benzene rings is 1. The number of piperidine rings is 1. The number of carbonyl (C=O) groups excluding carboxylic acids is 1.